The zero-order chi connectivity index (χ0) is 19.7. The number of halogens is 1. The van der Waals surface area contributed by atoms with Crippen LogP contribution in [0.1, 0.15) is 0 Å². The molecule has 1 N–H and O–H groups in total. The number of benzene rings is 2. The Hall–Kier alpha value is -2.84. The Bertz CT molecular complexity index is 1050. The van der Waals surface area contributed by atoms with Gasteiger partial charge in [0.05, 0.1) is 17.1 Å². The van der Waals surface area contributed by atoms with E-state index in [1.165, 1.54) is 16.7 Å². The number of carbonyl (C=O) groups excluding carboxylic acids is 2. The summed E-state index contributed by atoms with van der Waals surface area (Å²) in [5.74, 6) is 0.465. The molecule has 0 bridgehead atoms. The van der Waals surface area contributed by atoms with E-state index in [0.717, 1.165) is 5.56 Å². The summed E-state index contributed by atoms with van der Waals surface area (Å²) in [5, 5.41) is 12.4. The highest BCUT2D eigenvalue weighted by molar-refractivity contribution is 7.99. The minimum absolute atomic E-state index is 0.00521. The van der Waals surface area contributed by atoms with E-state index in [1.807, 2.05) is 41.9 Å². The summed E-state index contributed by atoms with van der Waals surface area (Å²) in [6, 6.07) is 14.6. The van der Waals surface area contributed by atoms with Gasteiger partial charge < -0.3 is 14.8 Å². The van der Waals surface area contributed by atoms with Crippen LogP contribution in [0.5, 0.6) is 0 Å². The SMILES string of the molecule is Cn1c(SCC(=O)N2CC(=O)Nc3ccccc32)nnc1-c1ccc(Cl)cc1. The number of anilines is 2. The third-order valence-corrected chi connectivity index (χ3v) is 5.59. The number of aromatic nitrogens is 3. The summed E-state index contributed by atoms with van der Waals surface area (Å²) in [4.78, 5) is 26.2. The molecule has 0 fully saturated rings. The molecule has 1 aromatic heterocycles. The second-order valence-corrected chi connectivity index (χ2v) is 7.58. The van der Waals surface area contributed by atoms with Crippen LogP contribution in [0, 0.1) is 0 Å². The lowest BCUT2D eigenvalue weighted by atomic mass is 10.2. The lowest BCUT2D eigenvalue weighted by Crippen LogP contribution is -2.43. The Labute approximate surface area is 170 Å². The molecule has 0 saturated carbocycles. The number of fused-ring (bicyclic) bond motifs is 1. The van der Waals surface area contributed by atoms with Gasteiger partial charge >= 0.3 is 0 Å². The lowest BCUT2D eigenvalue weighted by Gasteiger charge is -2.28. The van der Waals surface area contributed by atoms with Crippen LogP contribution < -0.4 is 10.2 Å². The largest absolute Gasteiger partial charge is 0.323 e. The van der Waals surface area contributed by atoms with Crippen LogP contribution in [-0.4, -0.2) is 38.9 Å². The van der Waals surface area contributed by atoms with Crippen molar-refractivity contribution in [1.29, 1.82) is 0 Å². The molecule has 9 heteroatoms. The van der Waals surface area contributed by atoms with Crippen molar-refractivity contribution in [1.82, 2.24) is 14.8 Å². The first-order valence-corrected chi connectivity index (χ1v) is 9.86. The van der Waals surface area contributed by atoms with E-state index in [2.05, 4.69) is 15.5 Å². The average molecular weight is 414 g/mol. The van der Waals surface area contributed by atoms with Crippen molar-refractivity contribution >= 4 is 46.6 Å². The monoisotopic (exact) mass is 413 g/mol. The van der Waals surface area contributed by atoms with Crippen LogP contribution in [0.2, 0.25) is 5.02 Å². The third-order valence-electron chi connectivity index (χ3n) is 4.33. The summed E-state index contributed by atoms with van der Waals surface area (Å²) in [5.41, 5.74) is 2.23. The number of rotatable bonds is 4. The summed E-state index contributed by atoms with van der Waals surface area (Å²) in [6.07, 6.45) is 0. The Morgan fingerprint density at radius 2 is 1.93 bits per heavy atom. The van der Waals surface area contributed by atoms with Crippen LogP contribution in [0.25, 0.3) is 11.4 Å². The number of para-hydroxylation sites is 2. The van der Waals surface area contributed by atoms with Crippen molar-refractivity contribution < 1.29 is 9.59 Å². The molecular formula is C19H16ClN5O2S. The van der Waals surface area contributed by atoms with Crippen LogP contribution >= 0.6 is 23.4 Å². The van der Waals surface area contributed by atoms with Gasteiger partial charge in [-0.25, -0.2) is 0 Å². The predicted octanol–water partition coefficient (Wildman–Crippen LogP) is 3.21. The Morgan fingerprint density at radius 1 is 1.18 bits per heavy atom. The van der Waals surface area contributed by atoms with Gasteiger partial charge in [0.15, 0.2) is 11.0 Å². The molecule has 142 valence electrons. The summed E-state index contributed by atoms with van der Waals surface area (Å²) < 4.78 is 1.83. The fourth-order valence-corrected chi connectivity index (χ4v) is 3.86. The minimum atomic E-state index is -0.208. The molecule has 2 aromatic carbocycles. The van der Waals surface area contributed by atoms with Gasteiger partial charge in [0.1, 0.15) is 6.54 Å². The number of carbonyl (C=O) groups is 2. The summed E-state index contributed by atoms with van der Waals surface area (Å²) in [7, 11) is 1.85. The molecule has 1 aliphatic heterocycles. The highest BCUT2D eigenvalue weighted by Gasteiger charge is 2.27. The number of nitrogens with one attached hydrogen (secondary N) is 1. The average Bonchev–Trinajstić information content (AvgIpc) is 3.06. The zero-order valence-electron chi connectivity index (χ0n) is 14.9. The van der Waals surface area contributed by atoms with Gasteiger partial charge in [-0.05, 0) is 36.4 Å². The normalized spacial score (nSPS) is 13.2. The molecule has 3 aromatic rings. The summed E-state index contributed by atoms with van der Waals surface area (Å²) in [6.45, 7) is 0.00521. The van der Waals surface area contributed by atoms with Gasteiger partial charge in [0.25, 0.3) is 0 Å². The maximum Gasteiger partial charge on any atom is 0.244 e. The van der Waals surface area contributed by atoms with Crippen molar-refractivity contribution in [2.24, 2.45) is 7.05 Å². The van der Waals surface area contributed by atoms with Gasteiger partial charge in [0.2, 0.25) is 11.8 Å². The third kappa shape index (κ3) is 3.61. The molecule has 0 unspecified atom stereocenters. The van der Waals surface area contributed by atoms with Crippen LogP contribution in [0.15, 0.2) is 53.7 Å². The quantitative estimate of drug-likeness (QED) is 0.664. The highest BCUT2D eigenvalue weighted by Crippen LogP contribution is 2.30. The van der Waals surface area contributed by atoms with E-state index < -0.39 is 0 Å². The van der Waals surface area contributed by atoms with E-state index in [9.17, 15) is 9.59 Å². The molecule has 0 atom stereocenters. The van der Waals surface area contributed by atoms with Gasteiger partial charge in [-0.1, -0.05) is 35.5 Å². The molecule has 28 heavy (non-hydrogen) atoms. The molecule has 2 amide bonds. The number of amides is 2. The Kier molecular flexibility index (Phi) is 5.06. The van der Waals surface area contributed by atoms with Crippen molar-refractivity contribution in [2.45, 2.75) is 5.16 Å². The number of nitrogens with zero attached hydrogens (tertiary/aromatic N) is 4. The second kappa shape index (κ2) is 7.65. The standard InChI is InChI=1S/C19H16ClN5O2S/c1-24-18(12-6-8-13(20)9-7-12)22-23-19(24)28-11-17(27)25-10-16(26)21-14-4-2-3-5-15(14)25/h2-9H,10-11H2,1H3,(H,21,26). The molecule has 7 nitrogen and oxygen atoms in total. The smallest absolute Gasteiger partial charge is 0.244 e. The van der Waals surface area contributed by atoms with Gasteiger partial charge in [-0.3, -0.25) is 9.59 Å². The Morgan fingerprint density at radius 3 is 2.71 bits per heavy atom. The maximum atomic E-state index is 12.8. The van der Waals surface area contributed by atoms with E-state index in [0.29, 0.717) is 27.4 Å². The second-order valence-electron chi connectivity index (χ2n) is 6.21. The molecule has 4 rings (SSSR count). The predicted molar refractivity (Wildman–Crippen MR) is 110 cm³/mol. The maximum absolute atomic E-state index is 12.8. The molecule has 0 spiro atoms. The number of thioether (sulfide) groups is 1. The summed E-state index contributed by atoms with van der Waals surface area (Å²) >= 11 is 7.21. The lowest BCUT2D eigenvalue weighted by molar-refractivity contribution is -0.120. The molecule has 0 aliphatic carbocycles. The van der Waals surface area contributed by atoms with Crippen molar-refractivity contribution in [3.8, 4) is 11.4 Å². The number of hydrogen-bond donors (Lipinski definition) is 1. The van der Waals surface area contributed by atoms with E-state index >= 15 is 0 Å². The van der Waals surface area contributed by atoms with Crippen LogP contribution in [0.4, 0.5) is 11.4 Å². The first-order chi connectivity index (χ1) is 13.5. The first kappa shape index (κ1) is 18.5. The molecular weight excluding hydrogens is 398 g/mol. The van der Waals surface area contributed by atoms with E-state index in [1.54, 1.807) is 18.2 Å². The fourth-order valence-electron chi connectivity index (χ4n) is 2.95. The van der Waals surface area contributed by atoms with Gasteiger partial charge in [-0.2, -0.15) is 0 Å². The minimum Gasteiger partial charge on any atom is -0.323 e. The highest BCUT2D eigenvalue weighted by atomic mass is 35.5. The molecule has 1 aliphatic rings. The fraction of sp³-hybridized carbons (Fsp3) is 0.158. The molecule has 2 heterocycles. The van der Waals surface area contributed by atoms with E-state index in [4.69, 9.17) is 11.6 Å². The molecule has 0 saturated heterocycles. The zero-order valence-corrected chi connectivity index (χ0v) is 16.5. The van der Waals surface area contributed by atoms with Gasteiger partial charge in [-0.15, -0.1) is 10.2 Å². The molecule has 0 radical (unpaired) electrons. The number of hydrogen-bond acceptors (Lipinski definition) is 5. The van der Waals surface area contributed by atoms with Crippen LogP contribution in [0.3, 0.4) is 0 Å². The van der Waals surface area contributed by atoms with Crippen LogP contribution in [-0.2, 0) is 16.6 Å². The Balaban J connectivity index is 1.49. The topological polar surface area (TPSA) is 80.1 Å². The van der Waals surface area contributed by atoms with Gasteiger partial charge in [0, 0.05) is 17.6 Å². The van der Waals surface area contributed by atoms with E-state index in [-0.39, 0.29) is 24.1 Å². The van der Waals surface area contributed by atoms with Crippen molar-refractivity contribution in [3.05, 3.63) is 53.6 Å². The van der Waals surface area contributed by atoms with Crippen molar-refractivity contribution in [3.63, 3.8) is 0 Å². The van der Waals surface area contributed by atoms with Crippen molar-refractivity contribution in [2.75, 3.05) is 22.5 Å². The first-order valence-electron chi connectivity index (χ1n) is 8.50.